The van der Waals surface area contributed by atoms with Gasteiger partial charge in [0.15, 0.2) is 0 Å². The molecule has 0 spiro atoms. The predicted octanol–water partition coefficient (Wildman–Crippen LogP) is 1.79. The number of urea groups is 2. The van der Waals surface area contributed by atoms with E-state index in [2.05, 4.69) is 0 Å². The van der Waals surface area contributed by atoms with Gasteiger partial charge in [-0.25, -0.2) is 21.3 Å². The summed E-state index contributed by atoms with van der Waals surface area (Å²) in [6, 6.07) is -1.14. The van der Waals surface area contributed by atoms with Gasteiger partial charge in [-0.15, -0.1) is 0 Å². The molecule has 0 heterocycles. The zero-order valence-electron chi connectivity index (χ0n) is 14.2. The highest BCUT2D eigenvalue weighted by Gasteiger charge is 2.03. The van der Waals surface area contributed by atoms with Gasteiger partial charge in [0.05, 0.1) is 0 Å². The lowest BCUT2D eigenvalue weighted by atomic mass is 10.1. The van der Waals surface area contributed by atoms with Crippen LogP contribution in [0.3, 0.4) is 0 Å². The third-order valence-electron chi connectivity index (χ3n) is 3.86. The first-order valence-electron chi connectivity index (χ1n) is 8.58. The first-order chi connectivity index (χ1) is 10.9. The highest BCUT2D eigenvalue weighted by molar-refractivity contribution is 5.71. The van der Waals surface area contributed by atoms with Gasteiger partial charge in [-0.1, -0.05) is 57.8 Å². The summed E-state index contributed by atoms with van der Waals surface area (Å²) in [4.78, 5) is 21.4. The molecule has 0 aromatic heterocycles. The highest BCUT2D eigenvalue weighted by atomic mass is 16.2. The van der Waals surface area contributed by atoms with E-state index >= 15 is 0 Å². The summed E-state index contributed by atoms with van der Waals surface area (Å²) in [5, 5.41) is 2.13. The van der Waals surface area contributed by atoms with Crippen molar-refractivity contribution in [1.82, 2.24) is 10.0 Å². The largest absolute Gasteiger partial charge is 0.350 e. The molecule has 8 nitrogen and oxygen atoms in total. The van der Waals surface area contributed by atoms with Crippen molar-refractivity contribution in [3.05, 3.63) is 0 Å². The second kappa shape index (κ2) is 14.1. The molecule has 0 aromatic rings. The van der Waals surface area contributed by atoms with Gasteiger partial charge < -0.3 is 11.5 Å². The molecule has 4 amide bonds. The molecule has 8 heteroatoms. The summed E-state index contributed by atoms with van der Waals surface area (Å²) >= 11 is 0. The normalized spacial score (nSPS) is 10.5. The van der Waals surface area contributed by atoms with E-state index in [9.17, 15) is 9.59 Å². The average molecular weight is 330 g/mol. The number of unbranched alkanes of at least 4 members (excludes halogenated alkanes) is 10. The SMILES string of the molecule is NC(=O)N(N)CCCCCCCCCCCCCN(N)C(N)=O. The van der Waals surface area contributed by atoms with E-state index in [1.165, 1.54) is 44.9 Å². The fourth-order valence-electron chi connectivity index (χ4n) is 2.38. The summed E-state index contributed by atoms with van der Waals surface area (Å²) < 4.78 is 0. The molecule has 136 valence electrons. The summed E-state index contributed by atoms with van der Waals surface area (Å²) in [6.07, 6.45) is 12.5. The molecule has 0 bridgehead atoms. The van der Waals surface area contributed by atoms with E-state index in [1.54, 1.807) is 0 Å². The molecule has 0 unspecified atom stereocenters. The first kappa shape index (κ1) is 21.5. The maximum atomic E-state index is 10.7. The minimum Gasteiger partial charge on any atom is -0.350 e. The lowest BCUT2D eigenvalue weighted by Crippen LogP contribution is -2.41. The molecular weight excluding hydrogens is 296 g/mol. The number of hydrogen-bond acceptors (Lipinski definition) is 4. The van der Waals surface area contributed by atoms with Crippen molar-refractivity contribution >= 4 is 12.1 Å². The number of hydrazine groups is 2. The van der Waals surface area contributed by atoms with Gasteiger partial charge in [0.25, 0.3) is 0 Å². The molecule has 0 saturated heterocycles. The minimum atomic E-state index is -0.571. The van der Waals surface area contributed by atoms with Crippen molar-refractivity contribution in [3.63, 3.8) is 0 Å². The number of hydrogen-bond donors (Lipinski definition) is 4. The molecular formula is C15H34N6O2. The third kappa shape index (κ3) is 13.8. The molecule has 0 aliphatic heterocycles. The predicted molar refractivity (Wildman–Crippen MR) is 91.7 cm³/mol. The minimum absolute atomic E-state index is 0.533. The topological polar surface area (TPSA) is 145 Å². The monoisotopic (exact) mass is 330 g/mol. The van der Waals surface area contributed by atoms with Crippen molar-refractivity contribution in [2.45, 2.75) is 70.6 Å². The van der Waals surface area contributed by atoms with Crippen molar-refractivity contribution in [2.75, 3.05) is 13.1 Å². The van der Waals surface area contributed by atoms with E-state index in [4.69, 9.17) is 23.2 Å². The first-order valence-corrected chi connectivity index (χ1v) is 8.58. The van der Waals surface area contributed by atoms with Crippen LogP contribution in [0.4, 0.5) is 9.59 Å². The van der Waals surface area contributed by atoms with E-state index in [-0.39, 0.29) is 0 Å². The summed E-state index contributed by atoms with van der Waals surface area (Å²) in [5.74, 6) is 10.8. The second-order valence-corrected chi connectivity index (χ2v) is 5.95. The van der Waals surface area contributed by atoms with Crippen molar-refractivity contribution in [1.29, 1.82) is 0 Å². The second-order valence-electron chi connectivity index (χ2n) is 5.95. The molecule has 0 aliphatic rings. The average Bonchev–Trinajstić information content (AvgIpc) is 2.50. The molecule has 0 saturated carbocycles. The Balaban J connectivity index is 3.16. The van der Waals surface area contributed by atoms with Gasteiger partial charge in [-0.05, 0) is 12.8 Å². The standard InChI is InChI=1S/C15H34N6O2/c16-14(22)20(18)12-10-8-6-4-2-1-3-5-7-9-11-13-21(19)15(17)23/h1-13,18-19H2,(H2,16,22)(H2,17,23). The Morgan fingerprint density at radius 3 is 0.957 bits per heavy atom. The van der Waals surface area contributed by atoms with Gasteiger partial charge in [0, 0.05) is 13.1 Å². The Morgan fingerprint density at radius 2 is 0.739 bits per heavy atom. The molecule has 0 rings (SSSR count). The molecule has 8 N–H and O–H groups in total. The van der Waals surface area contributed by atoms with Crippen LogP contribution < -0.4 is 23.2 Å². The number of carbonyl (C=O) groups is 2. The van der Waals surface area contributed by atoms with Crippen LogP contribution in [0, 0.1) is 0 Å². The fraction of sp³-hybridized carbons (Fsp3) is 0.867. The van der Waals surface area contributed by atoms with E-state index in [1.807, 2.05) is 0 Å². The maximum absolute atomic E-state index is 10.7. The summed E-state index contributed by atoms with van der Waals surface area (Å²) in [5.41, 5.74) is 10.1. The van der Waals surface area contributed by atoms with Gasteiger partial charge in [-0.3, -0.25) is 10.0 Å². The summed E-state index contributed by atoms with van der Waals surface area (Å²) in [6.45, 7) is 1.07. The Labute approximate surface area is 139 Å². The molecule has 0 atom stereocenters. The Hall–Kier alpha value is -1.54. The number of rotatable bonds is 14. The van der Waals surface area contributed by atoms with Gasteiger partial charge in [-0.2, -0.15) is 0 Å². The number of carbonyl (C=O) groups excluding carboxylic acids is 2. The Bertz CT molecular complexity index is 297. The Kier molecular flexibility index (Phi) is 13.1. The van der Waals surface area contributed by atoms with Crippen LogP contribution in [0.25, 0.3) is 0 Å². The maximum Gasteiger partial charge on any atom is 0.328 e. The van der Waals surface area contributed by atoms with Crippen molar-refractivity contribution in [2.24, 2.45) is 23.2 Å². The quantitative estimate of drug-likeness (QED) is 0.166. The zero-order chi connectivity index (χ0) is 17.5. The van der Waals surface area contributed by atoms with Crippen LogP contribution in [0.1, 0.15) is 70.6 Å². The lowest BCUT2D eigenvalue weighted by Gasteiger charge is -2.13. The number of nitrogens with zero attached hydrogens (tertiary/aromatic N) is 2. The van der Waals surface area contributed by atoms with Crippen LogP contribution >= 0.6 is 0 Å². The van der Waals surface area contributed by atoms with Crippen LogP contribution in [0.5, 0.6) is 0 Å². The van der Waals surface area contributed by atoms with Crippen LogP contribution in [0.15, 0.2) is 0 Å². The van der Waals surface area contributed by atoms with E-state index in [0.29, 0.717) is 13.1 Å². The smallest absolute Gasteiger partial charge is 0.328 e. The molecule has 23 heavy (non-hydrogen) atoms. The van der Waals surface area contributed by atoms with Crippen molar-refractivity contribution in [3.8, 4) is 0 Å². The van der Waals surface area contributed by atoms with Gasteiger partial charge >= 0.3 is 12.1 Å². The number of primary amides is 2. The third-order valence-corrected chi connectivity index (χ3v) is 3.86. The fourth-order valence-corrected chi connectivity index (χ4v) is 2.38. The van der Waals surface area contributed by atoms with Gasteiger partial charge in [0.2, 0.25) is 0 Å². The molecule has 0 radical (unpaired) electrons. The zero-order valence-corrected chi connectivity index (χ0v) is 14.2. The van der Waals surface area contributed by atoms with Crippen LogP contribution in [-0.2, 0) is 0 Å². The number of amides is 4. The van der Waals surface area contributed by atoms with E-state index < -0.39 is 12.1 Å². The van der Waals surface area contributed by atoms with E-state index in [0.717, 1.165) is 35.7 Å². The molecule has 0 fully saturated rings. The van der Waals surface area contributed by atoms with Gasteiger partial charge in [0.1, 0.15) is 0 Å². The van der Waals surface area contributed by atoms with Crippen LogP contribution in [-0.4, -0.2) is 35.2 Å². The molecule has 0 aliphatic carbocycles. The highest BCUT2D eigenvalue weighted by Crippen LogP contribution is 2.11. The summed E-state index contributed by atoms with van der Waals surface area (Å²) in [7, 11) is 0. The molecule has 0 aromatic carbocycles. The number of nitrogens with two attached hydrogens (primary N) is 4. The van der Waals surface area contributed by atoms with Crippen LogP contribution in [0.2, 0.25) is 0 Å². The lowest BCUT2D eigenvalue weighted by molar-refractivity contribution is 0.207. The van der Waals surface area contributed by atoms with Crippen molar-refractivity contribution < 1.29 is 9.59 Å². The Morgan fingerprint density at radius 1 is 0.522 bits per heavy atom.